The highest BCUT2D eigenvalue weighted by molar-refractivity contribution is 7.88. The number of guanidine groups is 1. The zero-order valence-corrected chi connectivity index (χ0v) is 17.3. The first-order valence-electron chi connectivity index (χ1n) is 9.05. The lowest BCUT2D eigenvalue weighted by Crippen LogP contribution is -2.40. The molecule has 26 heavy (non-hydrogen) atoms. The fourth-order valence-electron chi connectivity index (χ4n) is 3.03. The largest absolute Gasteiger partial charge is 0.357 e. The molecule has 1 heterocycles. The van der Waals surface area contributed by atoms with Crippen LogP contribution in [0.25, 0.3) is 0 Å². The van der Waals surface area contributed by atoms with Crippen molar-refractivity contribution in [2.75, 3.05) is 32.4 Å². The van der Waals surface area contributed by atoms with E-state index in [0.29, 0.717) is 25.6 Å². The summed E-state index contributed by atoms with van der Waals surface area (Å²) in [5, 5.41) is 7.40. The number of halogens is 1. The van der Waals surface area contributed by atoms with Gasteiger partial charge in [0.05, 0.1) is 12.3 Å². The van der Waals surface area contributed by atoms with E-state index in [4.69, 9.17) is 16.6 Å². The van der Waals surface area contributed by atoms with Crippen LogP contribution in [0, 0.1) is 5.92 Å². The number of piperidine rings is 1. The van der Waals surface area contributed by atoms with Crippen molar-refractivity contribution in [2.45, 2.75) is 32.7 Å². The maximum absolute atomic E-state index is 11.6. The van der Waals surface area contributed by atoms with Crippen molar-refractivity contribution < 1.29 is 8.42 Å². The minimum absolute atomic E-state index is 0.0820. The van der Waals surface area contributed by atoms with E-state index in [-0.39, 0.29) is 6.04 Å². The van der Waals surface area contributed by atoms with Crippen LogP contribution in [0.1, 0.15) is 38.3 Å². The SMILES string of the molecule is CCNC(=NCC1CCN(S(C)(=O)=O)CC1)NC(C)c1cccc(Cl)c1. The molecular formula is C18H29ClN4O2S. The van der Waals surface area contributed by atoms with Crippen molar-refractivity contribution in [3.63, 3.8) is 0 Å². The Kier molecular flexibility index (Phi) is 7.73. The molecule has 1 fully saturated rings. The maximum atomic E-state index is 11.6. The predicted molar refractivity (Wildman–Crippen MR) is 108 cm³/mol. The zero-order chi connectivity index (χ0) is 19.2. The van der Waals surface area contributed by atoms with E-state index >= 15 is 0 Å². The summed E-state index contributed by atoms with van der Waals surface area (Å²) >= 11 is 6.07. The Labute approximate surface area is 162 Å². The van der Waals surface area contributed by atoms with Crippen LogP contribution < -0.4 is 10.6 Å². The molecule has 2 rings (SSSR count). The van der Waals surface area contributed by atoms with Crippen molar-refractivity contribution in [2.24, 2.45) is 10.9 Å². The van der Waals surface area contributed by atoms with Crippen LogP contribution in [0.15, 0.2) is 29.3 Å². The normalized spacial score (nSPS) is 18.5. The van der Waals surface area contributed by atoms with E-state index in [1.54, 1.807) is 4.31 Å². The third-order valence-corrected chi connectivity index (χ3v) is 6.13. The topological polar surface area (TPSA) is 73.8 Å². The molecule has 0 amide bonds. The number of benzene rings is 1. The van der Waals surface area contributed by atoms with Gasteiger partial charge in [-0.15, -0.1) is 0 Å². The van der Waals surface area contributed by atoms with E-state index in [1.165, 1.54) is 6.26 Å². The molecule has 0 aliphatic carbocycles. The van der Waals surface area contributed by atoms with E-state index in [9.17, 15) is 8.42 Å². The van der Waals surface area contributed by atoms with Crippen LogP contribution in [-0.2, 0) is 10.0 Å². The lowest BCUT2D eigenvalue weighted by molar-refractivity contribution is 0.280. The second kappa shape index (κ2) is 9.58. The number of rotatable bonds is 6. The molecule has 0 radical (unpaired) electrons. The number of sulfonamides is 1. The standard InChI is InChI=1S/C18H29ClN4O2S/c1-4-20-18(22-14(2)16-6-5-7-17(19)12-16)21-13-15-8-10-23(11-9-15)26(3,24)25/h5-7,12,14-15H,4,8-11,13H2,1-3H3,(H2,20,21,22). The Morgan fingerprint density at radius 1 is 1.38 bits per heavy atom. The molecule has 1 aromatic carbocycles. The molecule has 0 aromatic heterocycles. The van der Waals surface area contributed by atoms with Gasteiger partial charge in [0.25, 0.3) is 0 Å². The smallest absolute Gasteiger partial charge is 0.211 e. The number of nitrogens with zero attached hydrogens (tertiary/aromatic N) is 2. The van der Waals surface area contributed by atoms with Gasteiger partial charge in [0.15, 0.2) is 5.96 Å². The maximum Gasteiger partial charge on any atom is 0.211 e. The third kappa shape index (κ3) is 6.45. The fourth-order valence-corrected chi connectivity index (χ4v) is 4.10. The van der Waals surface area contributed by atoms with Crippen molar-refractivity contribution in [1.82, 2.24) is 14.9 Å². The molecule has 1 unspecified atom stereocenters. The Morgan fingerprint density at radius 2 is 2.08 bits per heavy atom. The summed E-state index contributed by atoms with van der Waals surface area (Å²) in [5.74, 6) is 1.18. The van der Waals surface area contributed by atoms with Gasteiger partial charge in [-0.3, -0.25) is 4.99 Å². The summed E-state index contributed by atoms with van der Waals surface area (Å²) < 4.78 is 24.7. The second-order valence-corrected chi connectivity index (χ2v) is 9.16. The molecular weight excluding hydrogens is 372 g/mol. The van der Waals surface area contributed by atoms with Crippen molar-refractivity contribution in [1.29, 1.82) is 0 Å². The Bertz CT molecular complexity index is 716. The molecule has 146 valence electrons. The average Bonchev–Trinajstić information content (AvgIpc) is 2.59. The van der Waals surface area contributed by atoms with Gasteiger partial charge in [0.1, 0.15) is 0 Å². The molecule has 0 spiro atoms. The molecule has 0 bridgehead atoms. The minimum atomic E-state index is -3.08. The summed E-state index contributed by atoms with van der Waals surface area (Å²) in [4.78, 5) is 4.71. The highest BCUT2D eigenvalue weighted by atomic mass is 35.5. The molecule has 1 aliphatic rings. The van der Waals surface area contributed by atoms with Crippen LogP contribution in [0.4, 0.5) is 0 Å². The van der Waals surface area contributed by atoms with Crippen LogP contribution in [0.3, 0.4) is 0 Å². The van der Waals surface area contributed by atoms with Crippen molar-refractivity contribution in [3.05, 3.63) is 34.9 Å². The first-order valence-corrected chi connectivity index (χ1v) is 11.3. The predicted octanol–water partition coefficient (Wildman–Crippen LogP) is 2.63. The van der Waals surface area contributed by atoms with E-state index in [1.807, 2.05) is 31.2 Å². The summed E-state index contributed by atoms with van der Waals surface area (Å²) in [6, 6.07) is 7.87. The number of nitrogens with one attached hydrogen (secondary N) is 2. The second-order valence-electron chi connectivity index (χ2n) is 6.75. The van der Waals surface area contributed by atoms with Crippen LogP contribution in [0.2, 0.25) is 5.02 Å². The highest BCUT2D eigenvalue weighted by Gasteiger charge is 2.24. The molecule has 1 aromatic rings. The molecule has 1 aliphatic heterocycles. The van der Waals surface area contributed by atoms with Crippen molar-refractivity contribution >= 4 is 27.6 Å². The minimum Gasteiger partial charge on any atom is -0.357 e. The van der Waals surface area contributed by atoms with Gasteiger partial charge in [-0.2, -0.15) is 0 Å². The lowest BCUT2D eigenvalue weighted by Gasteiger charge is -2.29. The fraction of sp³-hybridized carbons (Fsp3) is 0.611. The molecule has 2 N–H and O–H groups in total. The monoisotopic (exact) mass is 400 g/mol. The van der Waals surface area contributed by atoms with E-state index in [0.717, 1.165) is 35.9 Å². The van der Waals surface area contributed by atoms with Gasteiger partial charge in [-0.05, 0) is 50.3 Å². The Morgan fingerprint density at radius 3 is 2.65 bits per heavy atom. The summed E-state index contributed by atoms with van der Waals surface area (Å²) in [5.41, 5.74) is 1.10. The molecule has 1 atom stereocenters. The van der Waals surface area contributed by atoms with Gasteiger partial charge >= 0.3 is 0 Å². The molecule has 8 heteroatoms. The van der Waals surface area contributed by atoms with Crippen LogP contribution >= 0.6 is 11.6 Å². The molecule has 6 nitrogen and oxygen atoms in total. The quantitative estimate of drug-likeness (QED) is 0.568. The number of aliphatic imine (C=N–C) groups is 1. The summed E-state index contributed by atoms with van der Waals surface area (Å²) in [7, 11) is -3.08. The zero-order valence-electron chi connectivity index (χ0n) is 15.7. The lowest BCUT2D eigenvalue weighted by atomic mass is 9.98. The van der Waals surface area contributed by atoms with E-state index < -0.39 is 10.0 Å². The summed E-state index contributed by atoms with van der Waals surface area (Å²) in [6.07, 6.45) is 2.97. The molecule has 0 saturated carbocycles. The summed E-state index contributed by atoms with van der Waals surface area (Å²) in [6.45, 7) is 6.74. The number of hydrogen-bond donors (Lipinski definition) is 2. The van der Waals surface area contributed by atoms with Gasteiger partial charge < -0.3 is 10.6 Å². The Hall–Kier alpha value is -1.31. The van der Waals surface area contributed by atoms with Crippen LogP contribution in [0.5, 0.6) is 0 Å². The highest BCUT2D eigenvalue weighted by Crippen LogP contribution is 2.20. The first-order chi connectivity index (χ1) is 12.3. The average molecular weight is 401 g/mol. The number of hydrogen-bond acceptors (Lipinski definition) is 3. The van der Waals surface area contributed by atoms with Gasteiger partial charge in [0.2, 0.25) is 10.0 Å². The van der Waals surface area contributed by atoms with E-state index in [2.05, 4.69) is 17.6 Å². The third-order valence-electron chi connectivity index (χ3n) is 4.60. The Balaban J connectivity index is 1.92. The molecule has 1 saturated heterocycles. The van der Waals surface area contributed by atoms with Gasteiger partial charge in [0, 0.05) is 31.2 Å². The van der Waals surface area contributed by atoms with Gasteiger partial charge in [-0.25, -0.2) is 12.7 Å². The van der Waals surface area contributed by atoms with Crippen LogP contribution in [-0.4, -0.2) is 51.1 Å². The van der Waals surface area contributed by atoms with Crippen molar-refractivity contribution in [3.8, 4) is 0 Å². The first kappa shape index (κ1) is 21.0. The van der Waals surface area contributed by atoms with Gasteiger partial charge in [-0.1, -0.05) is 23.7 Å².